The van der Waals surface area contributed by atoms with E-state index >= 15 is 0 Å². The van der Waals surface area contributed by atoms with E-state index in [1.54, 1.807) is 36.9 Å². The first-order chi connectivity index (χ1) is 12.9. The average molecular weight is 532 g/mol. The van der Waals surface area contributed by atoms with E-state index in [0.29, 0.717) is 0 Å². The second-order valence-electron chi connectivity index (χ2n) is 5.99. The Morgan fingerprint density at radius 2 is 1.79 bits per heavy atom. The topological polar surface area (TPSA) is 44.8 Å². The molecule has 0 saturated carbocycles. The molecule has 0 bridgehead atoms. The quantitative estimate of drug-likeness (QED) is 0.232. The van der Waals surface area contributed by atoms with E-state index in [2.05, 4.69) is 33.1 Å². The third-order valence-corrected chi connectivity index (χ3v) is 5.17. The van der Waals surface area contributed by atoms with Crippen molar-refractivity contribution in [1.82, 2.24) is 8.61 Å². The van der Waals surface area contributed by atoms with Gasteiger partial charge in [-0.1, -0.05) is 29.8 Å². The summed E-state index contributed by atoms with van der Waals surface area (Å²) in [6, 6.07) is 7.22. The van der Waals surface area contributed by atoms with Gasteiger partial charge < -0.3 is 18.7 Å². The third kappa shape index (κ3) is 10.5. The van der Waals surface area contributed by atoms with Gasteiger partial charge in [-0.25, -0.2) is 4.79 Å². The Morgan fingerprint density at radius 1 is 1.21 bits per heavy atom. The molecule has 1 aliphatic rings. The standard InChI is InChI=1S/C14H18ClNO2.C5H11N2S2.Ru/c1-10(2)18-14(17)11(3)16-13-7-5-4-6-12(13)8-9-15;1-8-6-3-4-7(5-6)9-2;/h4-11,16H,1-3H3;5H,3-4H2,1-2H3;/q;-1;+1/b9-8-;;. The number of hydrogen-bond acceptors (Lipinski definition) is 7. The number of carbonyl (C=O) groups is 1. The predicted molar refractivity (Wildman–Crippen MR) is 120 cm³/mol. The van der Waals surface area contributed by atoms with Gasteiger partial charge in [0.2, 0.25) is 0 Å². The number of para-hydroxylation sites is 1. The van der Waals surface area contributed by atoms with Crippen molar-refractivity contribution in [2.75, 3.05) is 30.9 Å². The van der Waals surface area contributed by atoms with Crippen molar-refractivity contribution in [2.45, 2.75) is 32.9 Å². The van der Waals surface area contributed by atoms with E-state index in [1.165, 1.54) is 5.54 Å². The first kappa shape index (κ1) is 27.8. The number of benzene rings is 1. The molecule has 1 radical (unpaired) electrons. The molecule has 0 aliphatic carbocycles. The van der Waals surface area contributed by atoms with Crippen molar-refractivity contribution in [1.29, 1.82) is 0 Å². The fraction of sp³-hybridized carbons (Fsp3) is 0.474. The van der Waals surface area contributed by atoms with E-state index in [9.17, 15) is 4.79 Å². The molecule has 1 heterocycles. The Kier molecular flexibility index (Phi) is 15.5. The summed E-state index contributed by atoms with van der Waals surface area (Å²) in [4.78, 5) is 11.7. The molecule has 0 amide bonds. The zero-order valence-corrected chi connectivity index (χ0v) is 21.0. The number of esters is 1. The van der Waals surface area contributed by atoms with E-state index in [0.717, 1.165) is 24.3 Å². The van der Waals surface area contributed by atoms with E-state index < -0.39 is 6.04 Å². The zero-order valence-electron chi connectivity index (χ0n) is 16.9. The number of carbonyl (C=O) groups excluding carboxylic acids is 1. The van der Waals surface area contributed by atoms with Gasteiger partial charge >= 0.3 is 25.4 Å². The molecule has 5 nitrogen and oxygen atoms in total. The van der Waals surface area contributed by atoms with Gasteiger partial charge in [0.05, 0.1) is 6.10 Å². The number of anilines is 1. The smallest absolute Gasteiger partial charge is 0.461 e. The van der Waals surface area contributed by atoms with Crippen LogP contribution < -0.4 is 5.32 Å². The van der Waals surface area contributed by atoms with E-state index in [-0.39, 0.29) is 31.6 Å². The molecule has 1 fully saturated rings. The van der Waals surface area contributed by atoms with Crippen LogP contribution in [0.4, 0.5) is 5.69 Å². The maximum absolute atomic E-state index is 11.7. The Labute approximate surface area is 196 Å². The minimum absolute atomic E-state index is 0. The molecule has 1 aromatic carbocycles. The van der Waals surface area contributed by atoms with Gasteiger partial charge in [-0.3, -0.25) is 0 Å². The first-order valence-corrected chi connectivity index (χ1v) is 11.5. The second-order valence-corrected chi connectivity index (χ2v) is 7.91. The third-order valence-electron chi connectivity index (χ3n) is 3.55. The number of hydrogen-bond donors (Lipinski definition) is 1. The minimum Gasteiger partial charge on any atom is -0.461 e. The molecule has 1 aliphatic heterocycles. The van der Waals surface area contributed by atoms with Gasteiger partial charge in [-0.05, 0) is 64.1 Å². The fourth-order valence-corrected chi connectivity index (χ4v) is 3.34. The summed E-state index contributed by atoms with van der Waals surface area (Å²) in [6.45, 7) is 9.88. The maximum atomic E-state index is 11.7. The largest absolute Gasteiger partial charge is 1.00 e. The molecule has 28 heavy (non-hydrogen) atoms. The van der Waals surface area contributed by atoms with Gasteiger partial charge in [0.1, 0.15) is 6.04 Å². The summed E-state index contributed by atoms with van der Waals surface area (Å²) >= 11 is 9.12. The van der Waals surface area contributed by atoms with Crippen molar-refractivity contribution in [3.05, 3.63) is 42.0 Å². The SMILES string of the molecule is CC(C)OC(=O)C(C)Nc1ccccc1/C=C\Cl.CSN1[CH-]N(SC)CC1.[Ru+]. The summed E-state index contributed by atoms with van der Waals surface area (Å²) in [7, 11) is 0. The predicted octanol–water partition coefficient (Wildman–Crippen LogP) is 4.92. The van der Waals surface area contributed by atoms with Gasteiger partial charge in [-0.2, -0.15) is 6.67 Å². The van der Waals surface area contributed by atoms with Crippen molar-refractivity contribution in [2.24, 2.45) is 0 Å². The molecule has 2 rings (SSSR count). The summed E-state index contributed by atoms with van der Waals surface area (Å²) in [5.74, 6) is -0.269. The normalized spacial score (nSPS) is 15.7. The van der Waals surface area contributed by atoms with E-state index in [1.807, 2.05) is 38.1 Å². The molecule has 1 N–H and O–H groups in total. The Balaban J connectivity index is 0.000000614. The molecule has 1 atom stereocenters. The molecule has 0 spiro atoms. The number of halogens is 1. The zero-order chi connectivity index (χ0) is 20.2. The van der Waals surface area contributed by atoms with Gasteiger partial charge in [0.25, 0.3) is 0 Å². The van der Waals surface area contributed by atoms with Crippen molar-refractivity contribution < 1.29 is 29.0 Å². The number of nitrogens with zero attached hydrogens (tertiary/aromatic N) is 2. The van der Waals surface area contributed by atoms with Crippen LogP contribution in [0.25, 0.3) is 6.08 Å². The van der Waals surface area contributed by atoms with Crippen LogP contribution in [0.15, 0.2) is 29.8 Å². The molecule has 1 unspecified atom stereocenters. The molecular formula is C19H29ClN3O2RuS2. The Morgan fingerprint density at radius 3 is 2.25 bits per heavy atom. The van der Waals surface area contributed by atoms with Crippen LogP contribution >= 0.6 is 35.5 Å². The summed E-state index contributed by atoms with van der Waals surface area (Å²) in [5.41, 5.74) is 3.22. The number of rotatable bonds is 7. The van der Waals surface area contributed by atoms with Crippen LogP contribution in [0, 0.1) is 6.67 Å². The molecule has 1 saturated heterocycles. The van der Waals surface area contributed by atoms with Crippen LogP contribution in [0.2, 0.25) is 0 Å². The van der Waals surface area contributed by atoms with Gasteiger partial charge in [0, 0.05) is 11.2 Å². The van der Waals surface area contributed by atoms with Crippen LogP contribution in [0.3, 0.4) is 0 Å². The average Bonchev–Trinajstić information content (AvgIpc) is 3.12. The Bertz CT molecular complexity index is 598. The first-order valence-electron chi connectivity index (χ1n) is 8.70. The fourth-order valence-electron chi connectivity index (χ4n) is 2.20. The summed E-state index contributed by atoms with van der Waals surface area (Å²) in [5, 5.41) is 3.12. The van der Waals surface area contributed by atoms with Crippen LogP contribution in [-0.2, 0) is 29.0 Å². The summed E-state index contributed by atoms with van der Waals surface area (Å²) in [6.07, 6.45) is 5.85. The number of nitrogens with one attached hydrogen (secondary N) is 1. The van der Waals surface area contributed by atoms with Crippen LogP contribution in [0.5, 0.6) is 0 Å². The van der Waals surface area contributed by atoms with Crippen LogP contribution in [0.1, 0.15) is 26.3 Å². The molecule has 9 heteroatoms. The van der Waals surface area contributed by atoms with E-state index in [4.69, 9.17) is 16.3 Å². The van der Waals surface area contributed by atoms with Crippen molar-refractivity contribution >= 4 is 53.2 Å². The number of ether oxygens (including phenoxy) is 1. The van der Waals surface area contributed by atoms with Gasteiger partial charge in [-0.15, -0.1) is 23.9 Å². The summed E-state index contributed by atoms with van der Waals surface area (Å²) < 4.78 is 9.60. The maximum Gasteiger partial charge on any atom is 1.00 e. The van der Waals surface area contributed by atoms with Crippen molar-refractivity contribution in [3.63, 3.8) is 0 Å². The Hall–Kier alpha value is -0.237. The molecular weight excluding hydrogens is 503 g/mol. The molecule has 1 aromatic rings. The monoisotopic (exact) mass is 532 g/mol. The molecule has 159 valence electrons. The van der Waals surface area contributed by atoms with Crippen molar-refractivity contribution in [3.8, 4) is 0 Å². The molecule has 0 aromatic heterocycles. The minimum atomic E-state index is -0.405. The second kappa shape index (κ2) is 15.6. The van der Waals surface area contributed by atoms with Crippen LogP contribution in [-0.4, -0.2) is 52.3 Å². The van der Waals surface area contributed by atoms with Gasteiger partial charge in [0.15, 0.2) is 0 Å².